The number of rotatable bonds is 5. The Morgan fingerprint density at radius 3 is 2.57 bits per heavy atom. The Morgan fingerprint density at radius 2 is 1.95 bits per heavy atom. The summed E-state index contributed by atoms with van der Waals surface area (Å²) in [5.74, 6) is 0.781. The first-order valence-electron chi connectivity index (χ1n) is 7.06. The maximum atomic E-state index is 5.85. The van der Waals surface area contributed by atoms with Gasteiger partial charge in [-0.05, 0) is 44.4 Å². The minimum atomic E-state index is 0.245. The van der Waals surface area contributed by atoms with Gasteiger partial charge >= 0.3 is 0 Å². The van der Waals surface area contributed by atoms with Crippen LogP contribution < -0.4 is 11.1 Å². The van der Waals surface area contributed by atoms with Crippen LogP contribution in [-0.4, -0.2) is 16.0 Å². The van der Waals surface area contributed by atoms with E-state index in [0.717, 1.165) is 29.1 Å². The summed E-state index contributed by atoms with van der Waals surface area (Å²) < 4.78 is 0. The molecule has 0 aliphatic carbocycles. The molecule has 1 unspecified atom stereocenters. The lowest BCUT2D eigenvalue weighted by molar-refractivity contribution is 0.783. The van der Waals surface area contributed by atoms with Crippen molar-refractivity contribution in [1.29, 1.82) is 0 Å². The molecule has 21 heavy (non-hydrogen) atoms. The summed E-state index contributed by atoms with van der Waals surface area (Å²) in [5, 5.41) is 3.44. The van der Waals surface area contributed by atoms with Crippen LogP contribution in [-0.2, 0) is 6.42 Å². The normalized spacial score (nSPS) is 12.0. The summed E-state index contributed by atoms with van der Waals surface area (Å²) in [7, 11) is 0. The number of aromatic nitrogens is 1. The first-order chi connectivity index (χ1) is 9.97. The molecular weight excluding hydrogens is 278 g/mol. The topological polar surface area (TPSA) is 50.9 Å². The molecule has 0 spiro atoms. The number of anilines is 1. The third-order valence-electron chi connectivity index (χ3n) is 3.36. The molecule has 0 amide bonds. The van der Waals surface area contributed by atoms with E-state index < -0.39 is 0 Å². The van der Waals surface area contributed by atoms with E-state index in [0.29, 0.717) is 4.99 Å². The molecule has 3 nitrogen and oxygen atoms in total. The van der Waals surface area contributed by atoms with Crippen LogP contribution in [0.25, 0.3) is 0 Å². The maximum absolute atomic E-state index is 5.85. The summed E-state index contributed by atoms with van der Waals surface area (Å²) in [6.07, 6.45) is 0.923. The molecule has 1 atom stereocenters. The average Bonchev–Trinajstić information content (AvgIpc) is 2.38. The van der Waals surface area contributed by atoms with E-state index >= 15 is 0 Å². The second kappa shape index (κ2) is 6.68. The SMILES string of the molecule is Cc1cc(C)c(C(N)=S)c(NC(C)Cc2ccccc2)n1. The summed E-state index contributed by atoms with van der Waals surface area (Å²) >= 11 is 5.16. The molecule has 0 saturated heterocycles. The predicted octanol–water partition coefficient (Wildman–Crippen LogP) is 3.38. The zero-order chi connectivity index (χ0) is 15.4. The quantitative estimate of drug-likeness (QED) is 0.831. The first-order valence-corrected chi connectivity index (χ1v) is 7.46. The lowest BCUT2D eigenvalue weighted by atomic mass is 10.1. The summed E-state index contributed by atoms with van der Waals surface area (Å²) in [5.41, 5.74) is 10.00. The van der Waals surface area contributed by atoms with Crippen molar-refractivity contribution in [3.05, 3.63) is 58.8 Å². The number of pyridine rings is 1. The van der Waals surface area contributed by atoms with Crippen LogP contribution in [0.15, 0.2) is 36.4 Å². The molecule has 1 heterocycles. The lowest BCUT2D eigenvalue weighted by Crippen LogP contribution is -2.23. The first kappa shape index (κ1) is 15.4. The van der Waals surface area contributed by atoms with Crippen LogP contribution in [0.2, 0.25) is 0 Å². The summed E-state index contributed by atoms with van der Waals surface area (Å²) in [6, 6.07) is 12.6. The fraction of sp³-hybridized carbons (Fsp3) is 0.294. The van der Waals surface area contributed by atoms with Gasteiger partial charge < -0.3 is 11.1 Å². The van der Waals surface area contributed by atoms with Gasteiger partial charge in [-0.2, -0.15) is 0 Å². The molecule has 0 aliphatic heterocycles. The van der Waals surface area contributed by atoms with Gasteiger partial charge in [0.05, 0.1) is 5.56 Å². The number of hydrogen-bond donors (Lipinski definition) is 2. The fourth-order valence-electron chi connectivity index (χ4n) is 2.50. The molecule has 3 N–H and O–H groups in total. The number of benzene rings is 1. The largest absolute Gasteiger partial charge is 0.389 e. The molecule has 2 aromatic rings. The van der Waals surface area contributed by atoms with Gasteiger partial charge in [0.15, 0.2) is 0 Å². The molecule has 4 heteroatoms. The van der Waals surface area contributed by atoms with Crippen LogP contribution >= 0.6 is 12.2 Å². The van der Waals surface area contributed by atoms with Crippen molar-refractivity contribution < 1.29 is 0 Å². The van der Waals surface area contributed by atoms with E-state index in [2.05, 4.69) is 41.5 Å². The van der Waals surface area contributed by atoms with E-state index in [9.17, 15) is 0 Å². The van der Waals surface area contributed by atoms with Gasteiger partial charge in [0.1, 0.15) is 10.8 Å². The van der Waals surface area contributed by atoms with Gasteiger partial charge in [0.25, 0.3) is 0 Å². The summed E-state index contributed by atoms with van der Waals surface area (Å²) in [4.78, 5) is 4.94. The standard InChI is InChI=1S/C17H21N3S/c1-11-9-12(2)19-17(15(11)16(18)21)20-13(3)10-14-7-5-4-6-8-14/h4-9,13H,10H2,1-3H3,(H2,18,21)(H,19,20). The van der Waals surface area contributed by atoms with Gasteiger partial charge in [-0.1, -0.05) is 42.5 Å². The Balaban J connectivity index is 2.20. The molecule has 1 aromatic heterocycles. The highest BCUT2D eigenvalue weighted by molar-refractivity contribution is 7.80. The van der Waals surface area contributed by atoms with Gasteiger partial charge in [-0.3, -0.25) is 0 Å². The van der Waals surface area contributed by atoms with E-state index in [-0.39, 0.29) is 6.04 Å². The van der Waals surface area contributed by atoms with Crippen LogP contribution in [0.5, 0.6) is 0 Å². The van der Waals surface area contributed by atoms with Gasteiger partial charge in [0, 0.05) is 11.7 Å². The van der Waals surface area contributed by atoms with Crippen molar-refractivity contribution in [3.63, 3.8) is 0 Å². The van der Waals surface area contributed by atoms with Crippen LogP contribution in [0, 0.1) is 13.8 Å². The highest BCUT2D eigenvalue weighted by atomic mass is 32.1. The van der Waals surface area contributed by atoms with Gasteiger partial charge in [0.2, 0.25) is 0 Å². The highest BCUT2D eigenvalue weighted by Crippen LogP contribution is 2.20. The molecule has 0 saturated carbocycles. The molecule has 110 valence electrons. The molecule has 1 aromatic carbocycles. The predicted molar refractivity (Wildman–Crippen MR) is 92.8 cm³/mol. The third kappa shape index (κ3) is 4.02. The maximum Gasteiger partial charge on any atom is 0.136 e. The zero-order valence-corrected chi connectivity index (χ0v) is 13.5. The fourth-order valence-corrected chi connectivity index (χ4v) is 2.76. The van der Waals surface area contributed by atoms with E-state index in [1.165, 1.54) is 5.56 Å². The van der Waals surface area contributed by atoms with Crippen LogP contribution in [0.3, 0.4) is 0 Å². The second-order valence-corrected chi connectivity index (χ2v) is 5.84. The third-order valence-corrected chi connectivity index (χ3v) is 3.56. The average molecular weight is 299 g/mol. The minimum absolute atomic E-state index is 0.245. The van der Waals surface area contributed by atoms with Crippen molar-refractivity contribution in [3.8, 4) is 0 Å². The number of aryl methyl sites for hydroxylation is 2. The second-order valence-electron chi connectivity index (χ2n) is 5.40. The molecule has 0 bridgehead atoms. The number of nitrogens with one attached hydrogen (secondary N) is 1. The molecule has 0 radical (unpaired) electrons. The van der Waals surface area contributed by atoms with Gasteiger partial charge in [-0.25, -0.2) is 4.98 Å². The lowest BCUT2D eigenvalue weighted by Gasteiger charge is -2.19. The minimum Gasteiger partial charge on any atom is -0.389 e. The smallest absolute Gasteiger partial charge is 0.136 e. The van der Waals surface area contributed by atoms with Crippen molar-refractivity contribution in [2.45, 2.75) is 33.2 Å². The van der Waals surface area contributed by atoms with Crippen LogP contribution in [0.1, 0.15) is 29.3 Å². The van der Waals surface area contributed by atoms with Gasteiger partial charge in [-0.15, -0.1) is 0 Å². The molecule has 2 rings (SSSR count). The molecule has 0 fully saturated rings. The number of nitrogens with zero attached hydrogens (tertiary/aromatic N) is 1. The molecular formula is C17H21N3S. The monoisotopic (exact) mass is 299 g/mol. The van der Waals surface area contributed by atoms with Crippen molar-refractivity contribution >= 4 is 23.0 Å². The van der Waals surface area contributed by atoms with Crippen molar-refractivity contribution in [2.75, 3.05) is 5.32 Å². The Labute approximate surface area is 131 Å². The Kier molecular flexibility index (Phi) is 4.91. The summed E-state index contributed by atoms with van der Waals surface area (Å²) in [6.45, 7) is 6.12. The Hall–Kier alpha value is -1.94. The highest BCUT2D eigenvalue weighted by Gasteiger charge is 2.13. The van der Waals surface area contributed by atoms with E-state index in [1.54, 1.807) is 0 Å². The number of hydrogen-bond acceptors (Lipinski definition) is 3. The molecule has 0 aliphatic rings. The number of nitrogens with two attached hydrogens (primary N) is 1. The van der Waals surface area contributed by atoms with E-state index in [4.69, 9.17) is 18.0 Å². The zero-order valence-electron chi connectivity index (χ0n) is 12.7. The van der Waals surface area contributed by atoms with Crippen LogP contribution in [0.4, 0.5) is 5.82 Å². The van der Waals surface area contributed by atoms with E-state index in [1.807, 2.05) is 26.0 Å². The van der Waals surface area contributed by atoms with Crippen molar-refractivity contribution in [2.24, 2.45) is 5.73 Å². The Bertz CT molecular complexity index is 638. The number of thiocarbonyl (C=S) groups is 1. The Morgan fingerprint density at radius 1 is 1.29 bits per heavy atom. The van der Waals surface area contributed by atoms with Crippen molar-refractivity contribution in [1.82, 2.24) is 4.98 Å².